The Hall–Kier alpha value is -3.17. The summed E-state index contributed by atoms with van der Waals surface area (Å²) in [6.45, 7) is 0.238. The molecule has 1 heterocycles. The van der Waals surface area contributed by atoms with Crippen LogP contribution >= 0.6 is 0 Å². The quantitative estimate of drug-likeness (QED) is 0.430. The highest BCUT2D eigenvalue weighted by Crippen LogP contribution is 2.33. The van der Waals surface area contributed by atoms with Crippen molar-refractivity contribution >= 4 is 17.3 Å². The van der Waals surface area contributed by atoms with Crippen molar-refractivity contribution < 1.29 is 29.0 Å². The number of hydrogen-bond acceptors (Lipinski definition) is 8. The van der Waals surface area contributed by atoms with Crippen LogP contribution in [0.5, 0.6) is 5.75 Å². The summed E-state index contributed by atoms with van der Waals surface area (Å²) in [5, 5.41) is 23.0. The van der Waals surface area contributed by atoms with Gasteiger partial charge in [-0.2, -0.15) is 0 Å². The number of aliphatic hydroxyl groups is 1. The summed E-state index contributed by atoms with van der Waals surface area (Å²) in [4.78, 5) is 23.1. The molecule has 0 unspecified atom stereocenters. The van der Waals surface area contributed by atoms with E-state index < -0.39 is 10.9 Å². The molecule has 2 aromatic rings. The van der Waals surface area contributed by atoms with Crippen molar-refractivity contribution in [2.24, 2.45) is 0 Å². The predicted octanol–water partition coefficient (Wildman–Crippen LogP) is 2.22. The summed E-state index contributed by atoms with van der Waals surface area (Å²) in [5.41, 5.74) is 1.64. The van der Waals surface area contributed by atoms with Gasteiger partial charge < -0.3 is 24.6 Å². The van der Waals surface area contributed by atoms with Crippen LogP contribution in [0.15, 0.2) is 36.4 Å². The lowest BCUT2D eigenvalue weighted by molar-refractivity contribution is -0.385. The van der Waals surface area contributed by atoms with Crippen LogP contribution in [-0.4, -0.2) is 35.9 Å². The molecule has 2 N–H and O–H groups in total. The molecule has 0 amide bonds. The van der Waals surface area contributed by atoms with Gasteiger partial charge >= 0.3 is 5.97 Å². The lowest BCUT2D eigenvalue weighted by Crippen LogP contribution is -2.15. The summed E-state index contributed by atoms with van der Waals surface area (Å²) in [6.07, 6.45) is 0. The molecule has 0 radical (unpaired) electrons. The van der Waals surface area contributed by atoms with E-state index in [1.807, 2.05) is 0 Å². The van der Waals surface area contributed by atoms with Crippen molar-refractivity contribution in [3.63, 3.8) is 0 Å². The average Bonchev–Trinajstić information content (AvgIpc) is 2.70. The number of anilines is 1. The normalized spacial score (nSPS) is 12.6. The molecule has 0 saturated carbocycles. The number of para-hydroxylation sites is 1. The number of carbonyl (C=O) groups is 1. The van der Waals surface area contributed by atoms with Gasteiger partial charge in [0.15, 0.2) is 6.79 Å². The fourth-order valence-corrected chi connectivity index (χ4v) is 2.72. The van der Waals surface area contributed by atoms with Gasteiger partial charge in [0.25, 0.3) is 5.69 Å². The first-order valence-corrected chi connectivity index (χ1v) is 8.21. The van der Waals surface area contributed by atoms with Gasteiger partial charge in [0, 0.05) is 35.5 Å². The van der Waals surface area contributed by atoms with Crippen LogP contribution in [0.4, 0.5) is 11.4 Å². The fraction of sp³-hybridized carbons (Fsp3) is 0.278. The number of hydrogen-bond donors (Lipinski definition) is 2. The summed E-state index contributed by atoms with van der Waals surface area (Å²) >= 11 is 0. The second kappa shape index (κ2) is 8.47. The maximum atomic E-state index is 12.5. The summed E-state index contributed by atoms with van der Waals surface area (Å²) in [6, 6.07) is 9.44. The number of carbonyl (C=O) groups excluding carboxylic acids is 1. The Morgan fingerprint density at radius 3 is 2.93 bits per heavy atom. The molecule has 0 bridgehead atoms. The second-order valence-corrected chi connectivity index (χ2v) is 5.73. The van der Waals surface area contributed by atoms with Crippen LogP contribution in [0.1, 0.15) is 21.5 Å². The standard InChI is InChI=1S/C18H18N2O7/c21-6-5-19-16-4-2-1-3-15(16)18(22)26-10-13-8-14(20(23)24)7-12-9-25-11-27-17(12)13/h1-4,7-8,19,21H,5-6,9-11H2. The van der Waals surface area contributed by atoms with Gasteiger partial charge in [-0.05, 0) is 12.1 Å². The van der Waals surface area contributed by atoms with Crippen molar-refractivity contribution in [2.45, 2.75) is 13.2 Å². The van der Waals surface area contributed by atoms with Crippen LogP contribution in [0.25, 0.3) is 0 Å². The Morgan fingerprint density at radius 1 is 1.33 bits per heavy atom. The number of aliphatic hydroxyl groups excluding tert-OH is 1. The molecule has 0 aromatic heterocycles. The Labute approximate surface area is 154 Å². The molecule has 0 aliphatic carbocycles. The number of nitro groups is 1. The molecular formula is C18H18N2O7. The molecule has 0 fully saturated rings. The van der Waals surface area contributed by atoms with Crippen LogP contribution in [-0.2, 0) is 22.7 Å². The van der Waals surface area contributed by atoms with E-state index >= 15 is 0 Å². The number of benzene rings is 2. The first kappa shape index (κ1) is 18.6. The van der Waals surface area contributed by atoms with Crippen molar-refractivity contribution in [3.8, 4) is 5.75 Å². The monoisotopic (exact) mass is 374 g/mol. The lowest BCUT2D eigenvalue weighted by atomic mass is 10.1. The van der Waals surface area contributed by atoms with Crippen LogP contribution < -0.4 is 10.1 Å². The van der Waals surface area contributed by atoms with Gasteiger partial charge in [-0.15, -0.1) is 0 Å². The lowest BCUT2D eigenvalue weighted by Gasteiger charge is -2.20. The van der Waals surface area contributed by atoms with Crippen molar-refractivity contribution in [2.75, 3.05) is 25.3 Å². The van der Waals surface area contributed by atoms with Gasteiger partial charge in [0.1, 0.15) is 12.4 Å². The van der Waals surface area contributed by atoms with E-state index in [0.717, 1.165) is 0 Å². The van der Waals surface area contributed by atoms with E-state index in [-0.39, 0.29) is 38.8 Å². The fourth-order valence-electron chi connectivity index (χ4n) is 2.72. The molecule has 0 atom stereocenters. The predicted molar refractivity (Wildman–Crippen MR) is 94.5 cm³/mol. The maximum Gasteiger partial charge on any atom is 0.340 e. The minimum Gasteiger partial charge on any atom is -0.467 e. The first-order valence-electron chi connectivity index (χ1n) is 8.21. The Balaban J connectivity index is 1.80. The van der Waals surface area contributed by atoms with Crippen LogP contribution in [0.2, 0.25) is 0 Å². The average molecular weight is 374 g/mol. The molecule has 1 aliphatic heterocycles. The van der Waals surface area contributed by atoms with E-state index in [2.05, 4.69) is 5.32 Å². The number of rotatable bonds is 7. The number of nitrogens with one attached hydrogen (secondary N) is 1. The Morgan fingerprint density at radius 2 is 2.15 bits per heavy atom. The third kappa shape index (κ3) is 4.33. The minimum atomic E-state index is -0.594. The molecule has 0 spiro atoms. The number of nitrogens with zero attached hydrogens (tertiary/aromatic N) is 1. The molecule has 1 aliphatic rings. The zero-order valence-corrected chi connectivity index (χ0v) is 14.3. The highest BCUT2D eigenvalue weighted by Gasteiger charge is 2.22. The Bertz CT molecular complexity index is 854. The third-order valence-electron chi connectivity index (χ3n) is 3.92. The highest BCUT2D eigenvalue weighted by atomic mass is 16.7. The maximum absolute atomic E-state index is 12.5. The molecule has 9 heteroatoms. The minimum absolute atomic E-state index is 0.0275. The molecular weight excluding hydrogens is 356 g/mol. The van der Waals surface area contributed by atoms with Gasteiger partial charge in [0.2, 0.25) is 0 Å². The van der Waals surface area contributed by atoms with E-state index in [1.165, 1.54) is 12.1 Å². The first-order chi connectivity index (χ1) is 13.1. The second-order valence-electron chi connectivity index (χ2n) is 5.73. The largest absolute Gasteiger partial charge is 0.467 e. The molecule has 0 saturated heterocycles. The molecule has 3 rings (SSSR count). The van der Waals surface area contributed by atoms with E-state index in [0.29, 0.717) is 28.1 Å². The molecule has 27 heavy (non-hydrogen) atoms. The topological polar surface area (TPSA) is 120 Å². The zero-order chi connectivity index (χ0) is 19.2. The van der Waals surface area contributed by atoms with Gasteiger partial charge in [-0.25, -0.2) is 4.79 Å². The highest BCUT2D eigenvalue weighted by molar-refractivity contribution is 5.95. The van der Waals surface area contributed by atoms with Crippen LogP contribution in [0.3, 0.4) is 0 Å². The van der Waals surface area contributed by atoms with Gasteiger partial charge in [0.05, 0.1) is 23.7 Å². The smallest absolute Gasteiger partial charge is 0.340 e. The zero-order valence-electron chi connectivity index (χ0n) is 14.3. The third-order valence-corrected chi connectivity index (χ3v) is 3.92. The van der Waals surface area contributed by atoms with E-state index in [1.54, 1.807) is 24.3 Å². The van der Waals surface area contributed by atoms with Crippen LogP contribution in [0, 0.1) is 10.1 Å². The number of nitro benzene ring substituents is 1. The molecule has 142 valence electrons. The van der Waals surface area contributed by atoms with Crippen molar-refractivity contribution in [1.82, 2.24) is 0 Å². The molecule has 2 aromatic carbocycles. The number of esters is 1. The molecule has 9 nitrogen and oxygen atoms in total. The van der Waals surface area contributed by atoms with Crippen molar-refractivity contribution in [1.29, 1.82) is 0 Å². The summed E-state index contributed by atoms with van der Waals surface area (Å²) < 4.78 is 15.9. The Kier molecular flexibility index (Phi) is 5.84. The van der Waals surface area contributed by atoms with Crippen molar-refractivity contribution in [3.05, 3.63) is 63.2 Å². The van der Waals surface area contributed by atoms with E-state index in [9.17, 15) is 14.9 Å². The number of ether oxygens (including phenoxy) is 3. The van der Waals surface area contributed by atoms with Gasteiger partial charge in [-0.1, -0.05) is 12.1 Å². The SMILES string of the molecule is O=C(OCc1cc([N+](=O)[O-])cc2c1OCOC2)c1ccccc1NCCO. The van der Waals surface area contributed by atoms with Gasteiger partial charge in [-0.3, -0.25) is 10.1 Å². The number of fused-ring (bicyclic) bond motifs is 1. The van der Waals surface area contributed by atoms with E-state index in [4.69, 9.17) is 19.3 Å². The summed E-state index contributed by atoms with van der Waals surface area (Å²) in [5.74, 6) is -0.158. The summed E-state index contributed by atoms with van der Waals surface area (Å²) in [7, 11) is 0. The number of non-ortho nitro benzene ring substituents is 1.